The number of benzene rings is 1. The zero-order chi connectivity index (χ0) is 19.2. The minimum atomic E-state index is -0.853. The largest absolute Gasteiger partial charge is 0.496 e. The first-order chi connectivity index (χ1) is 13.1. The molecule has 27 heavy (non-hydrogen) atoms. The molecule has 2 aromatic rings. The number of rotatable bonds is 6. The minimum absolute atomic E-state index is 0.317. The maximum Gasteiger partial charge on any atom is 0.349 e. The minimum Gasteiger partial charge on any atom is -0.496 e. The van der Waals surface area contributed by atoms with Crippen molar-refractivity contribution in [1.29, 1.82) is 0 Å². The molecule has 3 rings (SSSR count). The summed E-state index contributed by atoms with van der Waals surface area (Å²) in [6, 6.07) is 9.42. The number of hydrogen-bond donors (Lipinski definition) is 1. The normalized spacial score (nSPS) is 14.6. The van der Waals surface area contributed by atoms with Crippen molar-refractivity contribution in [2.75, 3.05) is 7.11 Å². The van der Waals surface area contributed by atoms with Gasteiger partial charge in [0.1, 0.15) is 10.6 Å². The van der Waals surface area contributed by atoms with Crippen molar-refractivity contribution in [3.8, 4) is 5.75 Å². The fourth-order valence-corrected chi connectivity index (χ4v) is 4.35. The second-order valence-corrected chi connectivity index (χ2v) is 7.83. The van der Waals surface area contributed by atoms with Crippen LogP contribution in [0.2, 0.25) is 0 Å². The number of nitrogens with one attached hydrogen (secondary N) is 1. The number of amides is 1. The van der Waals surface area contributed by atoms with Crippen LogP contribution in [0.3, 0.4) is 0 Å². The van der Waals surface area contributed by atoms with E-state index in [1.54, 1.807) is 14.0 Å². The van der Waals surface area contributed by atoms with E-state index in [9.17, 15) is 9.59 Å². The van der Waals surface area contributed by atoms with Crippen molar-refractivity contribution in [3.63, 3.8) is 0 Å². The molecule has 0 saturated heterocycles. The first-order valence-corrected chi connectivity index (χ1v) is 10.1. The summed E-state index contributed by atoms with van der Waals surface area (Å²) in [4.78, 5) is 26.6. The van der Waals surface area contributed by atoms with Gasteiger partial charge in [0.2, 0.25) is 0 Å². The first-order valence-electron chi connectivity index (χ1n) is 9.30. The number of aryl methyl sites for hydroxylation is 2. The summed E-state index contributed by atoms with van der Waals surface area (Å²) in [7, 11) is 1.59. The standard InChI is InChI=1S/C21H25NO4S/c1-14(20(23)22-13-16-9-6-7-10-17(16)25-2)26-21(24)19-12-15-8-4-3-5-11-18(15)27-19/h6-7,9-10,12,14H,3-5,8,11,13H2,1-2H3,(H,22,23). The van der Waals surface area contributed by atoms with Crippen LogP contribution in [-0.4, -0.2) is 25.1 Å². The van der Waals surface area contributed by atoms with E-state index < -0.39 is 12.1 Å². The monoisotopic (exact) mass is 387 g/mol. The molecule has 1 unspecified atom stereocenters. The molecule has 6 heteroatoms. The van der Waals surface area contributed by atoms with Gasteiger partial charge >= 0.3 is 5.97 Å². The molecule has 1 aromatic carbocycles. The molecular formula is C21H25NO4S. The smallest absolute Gasteiger partial charge is 0.349 e. The Labute approximate surface area is 163 Å². The van der Waals surface area contributed by atoms with Gasteiger partial charge < -0.3 is 14.8 Å². The second-order valence-electron chi connectivity index (χ2n) is 6.70. The lowest BCUT2D eigenvalue weighted by Gasteiger charge is -2.14. The third kappa shape index (κ3) is 4.89. The molecule has 1 aliphatic carbocycles. The third-order valence-corrected chi connectivity index (χ3v) is 5.96. The lowest BCUT2D eigenvalue weighted by Crippen LogP contribution is -2.35. The van der Waals surface area contributed by atoms with Crippen molar-refractivity contribution in [2.45, 2.75) is 51.7 Å². The van der Waals surface area contributed by atoms with Gasteiger partial charge in [0.05, 0.1) is 7.11 Å². The van der Waals surface area contributed by atoms with Crippen molar-refractivity contribution in [1.82, 2.24) is 5.32 Å². The topological polar surface area (TPSA) is 64.6 Å². The number of esters is 1. The Hall–Kier alpha value is -2.34. The lowest BCUT2D eigenvalue weighted by molar-refractivity contribution is -0.129. The lowest BCUT2D eigenvalue weighted by atomic mass is 10.1. The Morgan fingerprint density at radius 3 is 2.78 bits per heavy atom. The van der Waals surface area contributed by atoms with Crippen LogP contribution in [0.15, 0.2) is 30.3 Å². The van der Waals surface area contributed by atoms with Gasteiger partial charge in [0.25, 0.3) is 5.91 Å². The van der Waals surface area contributed by atoms with Gasteiger partial charge in [-0.3, -0.25) is 4.79 Å². The van der Waals surface area contributed by atoms with Gasteiger partial charge in [-0.05, 0) is 50.3 Å². The summed E-state index contributed by atoms with van der Waals surface area (Å²) in [5, 5.41) is 2.79. The predicted molar refractivity (Wildman–Crippen MR) is 105 cm³/mol. The molecule has 5 nitrogen and oxygen atoms in total. The molecule has 144 valence electrons. The maximum absolute atomic E-state index is 12.4. The van der Waals surface area contributed by atoms with Crippen molar-refractivity contribution in [3.05, 3.63) is 51.2 Å². The fraction of sp³-hybridized carbons (Fsp3) is 0.429. The van der Waals surface area contributed by atoms with E-state index in [0.717, 1.165) is 18.4 Å². The van der Waals surface area contributed by atoms with Crippen molar-refractivity contribution in [2.24, 2.45) is 0 Å². The summed E-state index contributed by atoms with van der Waals surface area (Å²) < 4.78 is 10.7. The summed E-state index contributed by atoms with van der Waals surface area (Å²) in [6.07, 6.45) is 4.78. The van der Waals surface area contributed by atoms with Crippen LogP contribution in [-0.2, 0) is 28.9 Å². The first kappa shape index (κ1) is 19.4. The van der Waals surface area contributed by atoms with E-state index in [1.807, 2.05) is 30.3 Å². The second kappa shape index (κ2) is 9.04. The Morgan fingerprint density at radius 1 is 1.19 bits per heavy atom. The van der Waals surface area contributed by atoms with Crippen LogP contribution in [0.1, 0.15) is 51.9 Å². The highest BCUT2D eigenvalue weighted by Gasteiger charge is 2.22. The summed E-state index contributed by atoms with van der Waals surface area (Å²) in [6.45, 7) is 1.91. The zero-order valence-corrected chi connectivity index (χ0v) is 16.6. The van der Waals surface area contributed by atoms with E-state index in [0.29, 0.717) is 17.2 Å². The Kier molecular flexibility index (Phi) is 6.50. The molecule has 1 aromatic heterocycles. The summed E-state index contributed by atoms with van der Waals surface area (Å²) >= 11 is 1.50. The number of thiophene rings is 1. The molecule has 0 fully saturated rings. The quantitative estimate of drug-likeness (QED) is 0.603. The molecule has 1 N–H and O–H groups in total. The summed E-state index contributed by atoms with van der Waals surface area (Å²) in [5.74, 6) is -0.0390. The SMILES string of the molecule is COc1ccccc1CNC(=O)C(C)OC(=O)c1cc2c(s1)CCCCC2. The average Bonchev–Trinajstić information content (AvgIpc) is 2.97. The van der Waals surface area contributed by atoms with Gasteiger partial charge in [-0.1, -0.05) is 24.6 Å². The van der Waals surface area contributed by atoms with E-state index in [1.165, 1.54) is 41.0 Å². The zero-order valence-electron chi connectivity index (χ0n) is 15.7. The van der Waals surface area contributed by atoms with Crippen LogP contribution in [0, 0.1) is 0 Å². The molecule has 0 spiro atoms. The van der Waals surface area contributed by atoms with Crippen LogP contribution >= 0.6 is 11.3 Å². The summed E-state index contributed by atoms with van der Waals surface area (Å²) in [5.41, 5.74) is 2.13. The molecule has 0 aliphatic heterocycles. The highest BCUT2D eigenvalue weighted by atomic mass is 32.1. The van der Waals surface area contributed by atoms with Gasteiger partial charge in [0.15, 0.2) is 6.10 Å². The van der Waals surface area contributed by atoms with E-state index >= 15 is 0 Å². The predicted octanol–water partition coefficient (Wildman–Crippen LogP) is 3.89. The van der Waals surface area contributed by atoms with Gasteiger partial charge in [-0.2, -0.15) is 0 Å². The van der Waals surface area contributed by atoms with Crippen LogP contribution in [0.5, 0.6) is 5.75 Å². The molecule has 1 aliphatic rings. The van der Waals surface area contributed by atoms with Gasteiger partial charge in [0, 0.05) is 17.0 Å². The highest BCUT2D eigenvalue weighted by molar-refractivity contribution is 7.14. The molecule has 0 radical (unpaired) electrons. The molecule has 0 bridgehead atoms. The molecular weight excluding hydrogens is 362 g/mol. The molecule has 1 atom stereocenters. The Bertz CT molecular complexity index is 791. The Balaban J connectivity index is 1.55. The van der Waals surface area contributed by atoms with Crippen LogP contribution < -0.4 is 10.1 Å². The van der Waals surface area contributed by atoms with Gasteiger partial charge in [-0.15, -0.1) is 11.3 Å². The number of ether oxygens (including phenoxy) is 2. The number of methoxy groups -OCH3 is 1. The number of hydrogen-bond acceptors (Lipinski definition) is 5. The molecule has 0 saturated carbocycles. The van der Waals surface area contributed by atoms with E-state index in [2.05, 4.69) is 5.32 Å². The van der Waals surface area contributed by atoms with Crippen LogP contribution in [0.4, 0.5) is 0 Å². The number of para-hydroxylation sites is 1. The highest BCUT2D eigenvalue weighted by Crippen LogP contribution is 2.29. The van der Waals surface area contributed by atoms with E-state index in [4.69, 9.17) is 9.47 Å². The van der Waals surface area contributed by atoms with E-state index in [-0.39, 0.29) is 5.91 Å². The van der Waals surface area contributed by atoms with Crippen molar-refractivity contribution >= 4 is 23.2 Å². The average molecular weight is 388 g/mol. The van der Waals surface area contributed by atoms with Crippen molar-refractivity contribution < 1.29 is 19.1 Å². The van der Waals surface area contributed by atoms with Gasteiger partial charge in [-0.25, -0.2) is 4.79 Å². The molecule has 1 amide bonds. The third-order valence-electron chi connectivity index (χ3n) is 4.75. The molecule has 1 heterocycles. The number of fused-ring (bicyclic) bond motifs is 1. The Morgan fingerprint density at radius 2 is 1.96 bits per heavy atom. The fourth-order valence-electron chi connectivity index (χ4n) is 3.22. The number of carbonyl (C=O) groups excluding carboxylic acids is 2. The van der Waals surface area contributed by atoms with Crippen LogP contribution in [0.25, 0.3) is 0 Å². The maximum atomic E-state index is 12.4. The number of carbonyl (C=O) groups is 2.